The molecule has 5 rings (SSSR count). The van der Waals surface area contributed by atoms with Crippen molar-refractivity contribution in [3.8, 4) is 22.8 Å². The van der Waals surface area contributed by atoms with Gasteiger partial charge in [-0.05, 0) is 72.6 Å². The third-order valence-corrected chi connectivity index (χ3v) is 6.90. The Balaban J connectivity index is 1.17. The summed E-state index contributed by atoms with van der Waals surface area (Å²) >= 11 is 7.59. The van der Waals surface area contributed by atoms with Crippen LogP contribution in [0.3, 0.4) is 0 Å². The molecular weight excluding hydrogens is 556 g/mol. The fourth-order valence-electron chi connectivity index (χ4n) is 3.91. The number of benzene rings is 4. The Kier molecular flexibility index (Phi) is 9.26. The zero-order chi connectivity index (χ0) is 28.4. The number of rotatable bonds is 11. The van der Waals surface area contributed by atoms with Crippen LogP contribution in [0.25, 0.3) is 11.3 Å². The molecule has 0 saturated carbocycles. The number of nitrogens with one attached hydrogen (secondary N) is 2. The standard InChI is InChI=1S/C32H27ClN4O3S/c1-2-39-30-18-22(11-16-29(30)40-20-23-7-6-8-26(33)17-23)19-34-37-31(38)25-14-12-24(13-15-25)28-21-41-32(36-28)35-27-9-4-3-5-10-27/h3-19,21H,2,20H2,1H3,(H,35,36)(H,37,38)/b34-19-. The first kappa shape index (κ1) is 27.9. The predicted octanol–water partition coefficient (Wildman–Crippen LogP) is 7.95. The van der Waals surface area contributed by atoms with E-state index >= 15 is 0 Å². The van der Waals surface area contributed by atoms with Gasteiger partial charge in [-0.15, -0.1) is 11.3 Å². The molecule has 0 fully saturated rings. The maximum absolute atomic E-state index is 12.7. The number of hydrazone groups is 1. The molecule has 41 heavy (non-hydrogen) atoms. The third kappa shape index (κ3) is 7.72. The Bertz CT molecular complexity index is 1640. The molecule has 5 aromatic rings. The van der Waals surface area contributed by atoms with Crippen LogP contribution in [0.5, 0.6) is 11.5 Å². The fourth-order valence-corrected chi connectivity index (χ4v) is 4.86. The van der Waals surface area contributed by atoms with E-state index in [1.165, 1.54) is 11.3 Å². The minimum atomic E-state index is -0.316. The van der Waals surface area contributed by atoms with Gasteiger partial charge >= 0.3 is 0 Å². The molecule has 0 aliphatic rings. The third-order valence-electron chi connectivity index (χ3n) is 5.90. The van der Waals surface area contributed by atoms with Gasteiger partial charge in [0.05, 0.1) is 18.5 Å². The summed E-state index contributed by atoms with van der Waals surface area (Å²) in [5, 5.41) is 10.9. The molecule has 0 unspecified atom stereocenters. The van der Waals surface area contributed by atoms with Crippen molar-refractivity contribution in [3.05, 3.63) is 124 Å². The molecule has 0 atom stereocenters. The van der Waals surface area contributed by atoms with Gasteiger partial charge in [-0.1, -0.05) is 54.1 Å². The van der Waals surface area contributed by atoms with Crippen LogP contribution in [-0.2, 0) is 6.61 Å². The molecule has 1 aromatic heterocycles. The average molecular weight is 583 g/mol. The minimum absolute atomic E-state index is 0.316. The number of aromatic nitrogens is 1. The van der Waals surface area contributed by atoms with E-state index in [2.05, 4.69) is 20.8 Å². The minimum Gasteiger partial charge on any atom is -0.490 e. The van der Waals surface area contributed by atoms with Gasteiger partial charge in [0.15, 0.2) is 16.6 Å². The lowest BCUT2D eigenvalue weighted by Crippen LogP contribution is -2.17. The van der Waals surface area contributed by atoms with Gasteiger partial charge in [0, 0.05) is 27.2 Å². The largest absolute Gasteiger partial charge is 0.490 e. The summed E-state index contributed by atoms with van der Waals surface area (Å²) < 4.78 is 11.7. The first-order chi connectivity index (χ1) is 20.1. The monoisotopic (exact) mass is 582 g/mol. The van der Waals surface area contributed by atoms with Crippen molar-refractivity contribution in [2.75, 3.05) is 11.9 Å². The van der Waals surface area contributed by atoms with Crippen LogP contribution in [0, 0.1) is 0 Å². The fraction of sp³-hybridized carbons (Fsp3) is 0.0938. The lowest BCUT2D eigenvalue weighted by atomic mass is 10.1. The summed E-state index contributed by atoms with van der Waals surface area (Å²) in [5.41, 5.74) is 7.51. The van der Waals surface area contributed by atoms with Crippen LogP contribution in [0.2, 0.25) is 5.02 Å². The van der Waals surface area contributed by atoms with Crippen LogP contribution in [0.1, 0.15) is 28.4 Å². The van der Waals surface area contributed by atoms with Crippen LogP contribution in [0.15, 0.2) is 108 Å². The van der Waals surface area contributed by atoms with Gasteiger partial charge in [-0.2, -0.15) is 5.10 Å². The molecule has 0 spiro atoms. The van der Waals surface area contributed by atoms with E-state index in [0.29, 0.717) is 35.3 Å². The van der Waals surface area contributed by atoms with Crippen LogP contribution >= 0.6 is 22.9 Å². The van der Waals surface area contributed by atoms with E-state index in [1.807, 2.05) is 97.2 Å². The first-order valence-corrected chi connectivity index (χ1v) is 14.2. The lowest BCUT2D eigenvalue weighted by molar-refractivity contribution is 0.0955. The topological polar surface area (TPSA) is 84.8 Å². The summed E-state index contributed by atoms with van der Waals surface area (Å²) in [4.78, 5) is 17.3. The second kappa shape index (κ2) is 13.6. The van der Waals surface area contributed by atoms with Gasteiger partial charge in [0.2, 0.25) is 0 Å². The number of para-hydroxylation sites is 1. The number of hydrogen-bond donors (Lipinski definition) is 2. The SMILES string of the molecule is CCOc1cc(/C=N\NC(=O)c2ccc(-c3csc(Nc4ccccc4)n3)cc2)ccc1OCc1cccc(Cl)c1. The van der Waals surface area contributed by atoms with Gasteiger partial charge in [0.25, 0.3) is 5.91 Å². The average Bonchev–Trinajstić information content (AvgIpc) is 3.46. The summed E-state index contributed by atoms with van der Waals surface area (Å²) in [6.45, 7) is 2.74. The highest BCUT2D eigenvalue weighted by Gasteiger charge is 2.09. The molecule has 206 valence electrons. The summed E-state index contributed by atoms with van der Waals surface area (Å²) in [5.74, 6) is 0.879. The number of hydrogen-bond acceptors (Lipinski definition) is 7. The van der Waals surface area contributed by atoms with Crippen molar-refractivity contribution in [3.63, 3.8) is 0 Å². The number of anilines is 2. The van der Waals surface area contributed by atoms with E-state index < -0.39 is 0 Å². The molecule has 0 bridgehead atoms. The Hall–Kier alpha value is -4.66. The molecule has 1 amide bonds. The molecule has 2 N–H and O–H groups in total. The smallest absolute Gasteiger partial charge is 0.271 e. The van der Waals surface area contributed by atoms with Gasteiger partial charge < -0.3 is 14.8 Å². The van der Waals surface area contributed by atoms with Gasteiger partial charge in [0.1, 0.15) is 6.61 Å². The Labute approximate surface area is 247 Å². The van der Waals surface area contributed by atoms with E-state index in [1.54, 1.807) is 18.3 Å². The molecule has 4 aromatic carbocycles. The number of ether oxygens (including phenoxy) is 2. The number of halogens is 1. The number of amides is 1. The summed E-state index contributed by atoms with van der Waals surface area (Å²) in [7, 11) is 0. The van der Waals surface area contributed by atoms with E-state index in [-0.39, 0.29) is 5.91 Å². The first-order valence-electron chi connectivity index (χ1n) is 12.9. The maximum atomic E-state index is 12.7. The quantitative estimate of drug-likeness (QED) is 0.122. The second-order valence-corrected chi connectivity index (χ2v) is 10.2. The van der Waals surface area contributed by atoms with E-state index in [0.717, 1.165) is 33.2 Å². The Morgan fingerprint density at radius 1 is 0.951 bits per heavy atom. The maximum Gasteiger partial charge on any atom is 0.271 e. The molecule has 0 aliphatic heterocycles. The van der Waals surface area contributed by atoms with Crippen molar-refractivity contribution >= 4 is 45.9 Å². The van der Waals surface area contributed by atoms with Crippen LogP contribution < -0.4 is 20.2 Å². The number of nitrogens with zero attached hydrogens (tertiary/aromatic N) is 2. The number of thiazole rings is 1. The molecule has 1 heterocycles. The molecule has 0 radical (unpaired) electrons. The highest BCUT2D eigenvalue weighted by atomic mass is 35.5. The second-order valence-electron chi connectivity index (χ2n) is 8.86. The summed E-state index contributed by atoms with van der Waals surface area (Å²) in [6.07, 6.45) is 1.56. The molecule has 7 nitrogen and oxygen atoms in total. The zero-order valence-electron chi connectivity index (χ0n) is 22.2. The van der Waals surface area contributed by atoms with Crippen LogP contribution in [-0.4, -0.2) is 23.7 Å². The van der Waals surface area contributed by atoms with E-state index in [4.69, 9.17) is 21.1 Å². The highest BCUT2D eigenvalue weighted by Crippen LogP contribution is 2.30. The molecule has 9 heteroatoms. The highest BCUT2D eigenvalue weighted by molar-refractivity contribution is 7.14. The normalized spacial score (nSPS) is 10.9. The Morgan fingerprint density at radius 3 is 2.56 bits per heavy atom. The molecular formula is C32H27ClN4O3S. The predicted molar refractivity (Wildman–Crippen MR) is 166 cm³/mol. The number of carbonyl (C=O) groups excluding carboxylic acids is 1. The van der Waals surface area contributed by atoms with Gasteiger partial charge in [-0.25, -0.2) is 10.4 Å². The lowest BCUT2D eigenvalue weighted by Gasteiger charge is -2.12. The van der Waals surface area contributed by atoms with E-state index in [9.17, 15) is 4.79 Å². The van der Waals surface area contributed by atoms with Crippen molar-refractivity contribution in [2.24, 2.45) is 5.10 Å². The van der Waals surface area contributed by atoms with Crippen molar-refractivity contribution in [1.29, 1.82) is 0 Å². The van der Waals surface area contributed by atoms with Gasteiger partial charge in [-0.3, -0.25) is 4.79 Å². The van der Waals surface area contributed by atoms with Crippen molar-refractivity contribution < 1.29 is 14.3 Å². The molecule has 0 aliphatic carbocycles. The molecule has 0 saturated heterocycles. The van der Waals surface area contributed by atoms with Crippen molar-refractivity contribution in [2.45, 2.75) is 13.5 Å². The van der Waals surface area contributed by atoms with Crippen molar-refractivity contribution in [1.82, 2.24) is 10.4 Å². The number of carbonyl (C=O) groups is 1. The Morgan fingerprint density at radius 2 is 1.78 bits per heavy atom. The van der Waals surface area contributed by atoms with Crippen LogP contribution in [0.4, 0.5) is 10.8 Å². The summed E-state index contributed by atoms with van der Waals surface area (Å²) in [6, 6.07) is 30.1. The zero-order valence-corrected chi connectivity index (χ0v) is 23.8.